The Morgan fingerprint density at radius 1 is 0.857 bits per heavy atom. The Labute approximate surface area is 212 Å². The molecule has 0 unspecified atom stereocenters. The molecule has 1 aromatic heterocycles. The van der Waals surface area contributed by atoms with Crippen molar-refractivity contribution >= 4 is 5.91 Å². The van der Waals surface area contributed by atoms with Crippen LogP contribution in [0.2, 0.25) is 0 Å². The summed E-state index contributed by atoms with van der Waals surface area (Å²) in [6.07, 6.45) is 17.8. The molecule has 0 atom stereocenters. The average Bonchev–Trinajstić information content (AvgIpc) is 2.87. The molecule has 194 valence electrons. The molecule has 2 aromatic rings. The molecule has 0 radical (unpaired) electrons. The number of aryl methyl sites for hydroxylation is 1. The molecule has 2 rings (SSSR count). The number of amides is 1. The fourth-order valence-corrected chi connectivity index (χ4v) is 3.88. The highest BCUT2D eigenvalue weighted by atomic mass is 16.5. The number of hydrogen-bond donors (Lipinski definition) is 1. The predicted molar refractivity (Wildman–Crippen MR) is 140 cm³/mol. The maximum absolute atomic E-state index is 12.1. The SMILES string of the molecule is CCCCCCCCCCCCOc1ccc(OCC(=O)NCCc2cc[n+](C)cc2)c(OC)c1. The smallest absolute Gasteiger partial charge is 0.257 e. The van der Waals surface area contributed by atoms with Crippen molar-refractivity contribution in [3.05, 3.63) is 48.3 Å². The maximum atomic E-state index is 12.1. The average molecular weight is 486 g/mol. The van der Waals surface area contributed by atoms with Crippen molar-refractivity contribution in [3.63, 3.8) is 0 Å². The number of hydrogen-bond acceptors (Lipinski definition) is 4. The minimum atomic E-state index is -0.158. The predicted octanol–water partition coefficient (Wildman–Crippen LogP) is 5.56. The molecule has 0 saturated heterocycles. The number of pyridine rings is 1. The van der Waals surface area contributed by atoms with Gasteiger partial charge in [-0.25, -0.2) is 4.57 Å². The number of nitrogens with zero attached hydrogens (tertiary/aromatic N) is 1. The zero-order valence-corrected chi connectivity index (χ0v) is 22.0. The summed E-state index contributed by atoms with van der Waals surface area (Å²) in [6, 6.07) is 9.58. The number of carbonyl (C=O) groups excluding carboxylic acids is 1. The number of nitrogens with one attached hydrogen (secondary N) is 1. The fourth-order valence-electron chi connectivity index (χ4n) is 3.88. The summed E-state index contributed by atoms with van der Waals surface area (Å²) in [5.41, 5.74) is 1.18. The molecular weight excluding hydrogens is 440 g/mol. The Morgan fingerprint density at radius 3 is 2.17 bits per heavy atom. The maximum Gasteiger partial charge on any atom is 0.257 e. The highest BCUT2D eigenvalue weighted by molar-refractivity contribution is 5.77. The number of aromatic nitrogens is 1. The van der Waals surface area contributed by atoms with E-state index in [0.29, 0.717) is 24.7 Å². The summed E-state index contributed by atoms with van der Waals surface area (Å²) < 4.78 is 19.0. The molecule has 6 heteroatoms. The van der Waals surface area contributed by atoms with Crippen LogP contribution in [0.4, 0.5) is 0 Å². The molecule has 0 aliphatic rings. The molecule has 1 aromatic carbocycles. The number of ether oxygens (including phenoxy) is 3. The van der Waals surface area contributed by atoms with Crippen molar-refractivity contribution in [2.45, 2.75) is 77.6 Å². The number of unbranched alkanes of at least 4 members (excludes halogenated alkanes) is 9. The van der Waals surface area contributed by atoms with E-state index in [9.17, 15) is 4.79 Å². The molecule has 1 N–H and O–H groups in total. The lowest BCUT2D eigenvalue weighted by Gasteiger charge is -2.13. The highest BCUT2D eigenvalue weighted by Gasteiger charge is 2.09. The normalized spacial score (nSPS) is 10.7. The van der Waals surface area contributed by atoms with Crippen molar-refractivity contribution in [1.82, 2.24) is 5.32 Å². The van der Waals surface area contributed by atoms with Gasteiger partial charge in [0.1, 0.15) is 12.8 Å². The van der Waals surface area contributed by atoms with Crippen molar-refractivity contribution in [2.75, 3.05) is 26.9 Å². The van der Waals surface area contributed by atoms with Gasteiger partial charge in [-0.05, 0) is 30.5 Å². The number of benzene rings is 1. The van der Waals surface area contributed by atoms with Crippen LogP contribution in [0.15, 0.2) is 42.7 Å². The van der Waals surface area contributed by atoms with Crippen LogP contribution in [0.5, 0.6) is 17.2 Å². The monoisotopic (exact) mass is 485 g/mol. The molecule has 0 bridgehead atoms. The Hall–Kier alpha value is -2.76. The van der Waals surface area contributed by atoms with Crippen molar-refractivity contribution in [3.8, 4) is 17.2 Å². The summed E-state index contributed by atoms with van der Waals surface area (Å²) in [5, 5.41) is 2.89. The third kappa shape index (κ3) is 12.5. The minimum absolute atomic E-state index is 0.0566. The summed E-state index contributed by atoms with van der Waals surface area (Å²) in [6.45, 7) is 3.47. The molecule has 0 fully saturated rings. The van der Waals surface area contributed by atoms with E-state index >= 15 is 0 Å². The van der Waals surface area contributed by atoms with Gasteiger partial charge in [-0.2, -0.15) is 0 Å². The lowest BCUT2D eigenvalue weighted by molar-refractivity contribution is -0.671. The fraction of sp³-hybridized carbons (Fsp3) is 0.586. The van der Waals surface area contributed by atoms with Crippen LogP contribution in [-0.2, 0) is 18.3 Å². The molecule has 0 aliphatic carbocycles. The molecule has 0 saturated carbocycles. The van der Waals surface area contributed by atoms with Crippen molar-refractivity contribution in [1.29, 1.82) is 0 Å². The van der Waals surface area contributed by atoms with Gasteiger partial charge in [-0.3, -0.25) is 4.79 Å². The Bertz CT molecular complexity index is 839. The quantitative estimate of drug-likeness (QED) is 0.209. The Balaban J connectivity index is 1.59. The van der Waals surface area contributed by atoms with Crippen LogP contribution in [0, 0.1) is 0 Å². The molecule has 35 heavy (non-hydrogen) atoms. The summed E-state index contributed by atoms with van der Waals surface area (Å²) in [4.78, 5) is 12.1. The van der Waals surface area contributed by atoms with E-state index in [1.165, 1.54) is 63.4 Å². The van der Waals surface area contributed by atoms with Gasteiger partial charge in [-0.1, -0.05) is 64.7 Å². The minimum Gasteiger partial charge on any atom is -0.493 e. The van der Waals surface area contributed by atoms with Gasteiger partial charge in [0.2, 0.25) is 0 Å². The third-order valence-electron chi connectivity index (χ3n) is 6.04. The van der Waals surface area contributed by atoms with E-state index in [-0.39, 0.29) is 12.5 Å². The van der Waals surface area contributed by atoms with Crippen LogP contribution < -0.4 is 24.1 Å². The van der Waals surface area contributed by atoms with Crippen LogP contribution in [0.3, 0.4) is 0 Å². The van der Waals surface area contributed by atoms with Crippen LogP contribution in [0.1, 0.15) is 76.7 Å². The highest BCUT2D eigenvalue weighted by Crippen LogP contribution is 2.31. The molecule has 0 spiro atoms. The lowest BCUT2D eigenvalue weighted by Crippen LogP contribution is -2.31. The second-order valence-electron chi connectivity index (χ2n) is 9.10. The van der Waals surface area contributed by atoms with Gasteiger partial charge >= 0.3 is 0 Å². The molecule has 0 aliphatic heterocycles. The van der Waals surface area contributed by atoms with Gasteiger partial charge in [0.05, 0.1) is 13.7 Å². The van der Waals surface area contributed by atoms with E-state index < -0.39 is 0 Å². The topological polar surface area (TPSA) is 60.7 Å². The third-order valence-corrected chi connectivity index (χ3v) is 6.04. The number of rotatable bonds is 19. The first kappa shape index (κ1) is 28.5. The van der Waals surface area contributed by atoms with Gasteiger partial charge < -0.3 is 19.5 Å². The number of carbonyl (C=O) groups is 1. The van der Waals surface area contributed by atoms with Crippen molar-refractivity contribution < 1.29 is 23.6 Å². The number of methoxy groups -OCH3 is 1. The van der Waals surface area contributed by atoms with Gasteiger partial charge in [0, 0.05) is 24.7 Å². The van der Waals surface area contributed by atoms with E-state index in [1.54, 1.807) is 13.2 Å². The van der Waals surface area contributed by atoms with E-state index in [1.807, 2.05) is 48.3 Å². The lowest BCUT2D eigenvalue weighted by atomic mass is 10.1. The molecular formula is C29H45N2O4+. The van der Waals surface area contributed by atoms with Gasteiger partial charge in [0.15, 0.2) is 30.5 Å². The van der Waals surface area contributed by atoms with E-state index in [0.717, 1.165) is 18.6 Å². The van der Waals surface area contributed by atoms with Crippen LogP contribution in [0.25, 0.3) is 0 Å². The summed E-state index contributed by atoms with van der Waals surface area (Å²) in [7, 11) is 3.57. The zero-order chi connectivity index (χ0) is 25.1. The standard InChI is InChI=1S/C29H44N2O4/c1-4-5-6-7-8-9-10-11-12-13-22-34-26-14-15-27(28(23-26)33-3)35-24-29(32)30-19-16-25-17-20-31(2)21-18-25/h14-15,17-18,20-21,23H,4-13,16,19,22,24H2,1-3H3/p+1. The second-order valence-corrected chi connectivity index (χ2v) is 9.10. The molecule has 1 heterocycles. The molecule has 6 nitrogen and oxygen atoms in total. The van der Waals surface area contributed by atoms with Crippen LogP contribution in [-0.4, -0.2) is 32.8 Å². The van der Waals surface area contributed by atoms with E-state index in [2.05, 4.69) is 12.2 Å². The summed E-state index contributed by atoms with van der Waals surface area (Å²) >= 11 is 0. The van der Waals surface area contributed by atoms with Crippen molar-refractivity contribution in [2.24, 2.45) is 7.05 Å². The van der Waals surface area contributed by atoms with Gasteiger partial charge in [0.25, 0.3) is 5.91 Å². The first-order chi connectivity index (χ1) is 17.1. The van der Waals surface area contributed by atoms with E-state index in [4.69, 9.17) is 14.2 Å². The molecule has 1 amide bonds. The van der Waals surface area contributed by atoms with Gasteiger partial charge in [-0.15, -0.1) is 0 Å². The largest absolute Gasteiger partial charge is 0.493 e. The zero-order valence-electron chi connectivity index (χ0n) is 22.0. The van der Waals surface area contributed by atoms with Crippen LogP contribution >= 0.6 is 0 Å². The Morgan fingerprint density at radius 2 is 1.51 bits per heavy atom. The first-order valence-electron chi connectivity index (χ1n) is 13.3. The second kappa shape index (κ2) is 17.6. The first-order valence-corrected chi connectivity index (χ1v) is 13.3. The Kier molecular flexibility index (Phi) is 14.4. The summed E-state index contributed by atoms with van der Waals surface area (Å²) in [5.74, 6) is 1.70.